The molecule has 0 aliphatic heterocycles. The Morgan fingerprint density at radius 2 is 1.88 bits per heavy atom. The fraction of sp³-hybridized carbons (Fsp3) is 0.647. The number of hydrogen-bond acceptors (Lipinski definition) is 5. The lowest BCUT2D eigenvalue weighted by Gasteiger charge is -2.19. The third kappa shape index (κ3) is 5.79. The van der Waals surface area contributed by atoms with Crippen LogP contribution in [0.2, 0.25) is 0 Å². The van der Waals surface area contributed by atoms with Crippen molar-refractivity contribution in [2.24, 2.45) is 0 Å². The summed E-state index contributed by atoms with van der Waals surface area (Å²) in [5, 5.41) is 13.5. The molecular formula is C17H26N4O3. The summed E-state index contributed by atoms with van der Waals surface area (Å²) >= 11 is 0. The zero-order valence-electron chi connectivity index (χ0n) is 14.6. The van der Waals surface area contributed by atoms with Crippen LogP contribution < -0.4 is 10.6 Å². The maximum atomic E-state index is 12.0. The maximum Gasteiger partial charge on any atom is 0.407 e. The first kappa shape index (κ1) is 18.2. The fourth-order valence-electron chi connectivity index (χ4n) is 2.67. The topological polar surface area (TPSA) is 93.2 Å². The van der Waals surface area contributed by atoms with E-state index in [-0.39, 0.29) is 12.3 Å². The van der Waals surface area contributed by atoms with E-state index in [4.69, 9.17) is 4.74 Å². The molecule has 0 saturated heterocycles. The third-order valence-corrected chi connectivity index (χ3v) is 3.69. The van der Waals surface area contributed by atoms with Gasteiger partial charge in [-0.2, -0.15) is 10.2 Å². The lowest BCUT2D eigenvalue weighted by atomic mass is 9.91. The van der Waals surface area contributed by atoms with Crippen molar-refractivity contribution in [1.82, 2.24) is 20.8 Å². The molecule has 7 heteroatoms. The maximum absolute atomic E-state index is 12.0. The number of ether oxygens (including phenoxy) is 1. The number of hydrogen-bond donors (Lipinski definition) is 2. The van der Waals surface area contributed by atoms with Gasteiger partial charge in [-0.15, -0.1) is 0 Å². The molecule has 1 aromatic heterocycles. The molecule has 0 bridgehead atoms. The van der Waals surface area contributed by atoms with Crippen molar-refractivity contribution in [1.29, 1.82) is 0 Å². The SMILES string of the molecule is CC(C)(C)OC(=O)NCCNC(=O)Cc1nncc2c1CCCC2. The third-order valence-electron chi connectivity index (χ3n) is 3.69. The van der Waals surface area contributed by atoms with Crippen molar-refractivity contribution in [2.75, 3.05) is 13.1 Å². The Hall–Kier alpha value is -2.18. The van der Waals surface area contributed by atoms with E-state index in [1.165, 1.54) is 17.5 Å². The summed E-state index contributed by atoms with van der Waals surface area (Å²) in [6, 6.07) is 0. The van der Waals surface area contributed by atoms with Crippen LogP contribution in [-0.4, -0.2) is 40.9 Å². The van der Waals surface area contributed by atoms with Crippen molar-refractivity contribution < 1.29 is 14.3 Å². The van der Waals surface area contributed by atoms with Crippen molar-refractivity contribution in [3.63, 3.8) is 0 Å². The second-order valence-corrected chi connectivity index (χ2v) is 6.96. The van der Waals surface area contributed by atoms with Crippen LogP contribution in [0, 0.1) is 0 Å². The Morgan fingerprint density at radius 3 is 2.62 bits per heavy atom. The molecule has 1 aliphatic rings. The van der Waals surface area contributed by atoms with Gasteiger partial charge in [0.1, 0.15) is 5.60 Å². The van der Waals surface area contributed by atoms with Gasteiger partial charge in [0.2, 0.25) is 5.91 Å². The van der Waals surface area contributed by atoms with Gasteiger partial charge >= 0.3 is 6.09 Å². The molecule has 7 nitrogen and oxygen atoms in total. The van der Waals surface area contributed by atoms with Gasteiger partial charge in [0.15, 0.2) is 0 Å². The Bertz CT molecular complexity index is 596. The van der Waals surface area contributed by atoms with Crippen LogP contribution >= 0.6 is 0 Å². The molecule has 2 amide bonds. The normalized spacial score (nSPS) is 13.8. The summed E-state index contributed by atoms with van der Waals surface area (Å²) in [5.74, 6) is -0.116. The minimum absolute atomic E-state index is 0.116. The average Bonchev–Trinajstić information content (AvgIpc) is 2.50. The molecule has 1 heterocycles. The smallest absolute Gasteiger partial charge is 0.407 e. The van der Waals surface area contributed by atoms with Crippen LogP contribution in [0.3, 0.4) is 0 Å². The second-order valence-electron chi connectivity index (χ2n) is 6.96. The number of rotatable bonds is 5. The quantitative estimate of drug-likeness (QED) is 0.797. The van der Waals surface area contributed by atoms with E-state index >= 15 is 0 Å². The predicted octanol–water partition coefficient (Wildman–Crippen LogP) is 1.54. The molecule has 132 valence electrons. The van der Waals surface area contributed by atoms with Gasteiger partial charge in [-0.1, -0.05) is 0 Å². The molecule has 24 heavy (non-hydrogen) atoms. The van der Waals surface area contributed by atoms with Gasteiger partial charge in [0.05, 0.1) is 18.3 Å². The van der Waals surface area contributed by atoms with Gasteiger partial charge in [-0.25, -0.2) is 4.79 Å². The van der Waals surface area contributed by atoms with Crippen molar-refractivity contribution >= 4 is 12.0 Å². The zero-order chi connectivity index (χ0) is 17.6. The minimum atomic E-state index is -0.529. The minimum Gasteiger partial charge on any atom is -0.444 e. The summed E-state index contributed by atoms with van der Waals surface area (Å²) in [7, 11) is 0. The van der Waals surface area contributed by atoms with E-state index in [0.29, 0.717) is 13.1 Å². The van der Waals surface area contributed by atoms with E-state index in [2.05, 4.69) is 20.8 Å². The molecule has 0 aromatic carbocycles. The number of fused-ring (bicyclic) bond motifs is 1. The summed E-state index contributed by atoms with van der Waals surface area (Å²) in [5.41, 5.74) is 2.63. The van der Waals surface area contributed by atoms with Crippen LogP contribution in [0.5, 0.6) is 0 Å². The number of nitrogens with one attached hydrogen (secondary N) is 2. The summed E-state index contributed by atoms with van der Waals surface area (Å²) in [4.78, 5) is 23.5. The van der Waals surface area contributed by atoms with Crippen LogP contribution in [0.1, 0.15) is 50.4 Å². The lowest BCUT2D eigenvalue weighted by Crippen LogP contribution is -2.38. The molecule has 0 saturated carbocycles. The summed E-state index contributed by atoms with van der Waals surface area (Å²) < 4.78 is 5.12. The molecule has 1 aromatic rings. The molecule has 1 aliphatic carbocycles. The number of aryl methyl sites for hydroxylation is 1. The molecule has 2 rings (SSSR count). The highest BCUT2D eigenvalue weighted by molar-refractivity contribution is 5.78. The standard InChI is InChI=1S/C17H26N4O3/c1-17(2,3)24-16(23)19-9-8-18-15(22)10-14-13-7-5-4-6-12(13)11-20-21-14/h11H,4-10H2,1-3H3,(H,18,22)(H,19,23). The van der Waals surface area contributed by atoms with Crippen LogP contribution in [0.15, 0.2) is 6.20 Å². The highest BCUT2D eigenvalue weighted by Gasteiger charge is 2.17. The number of nitrogens with zero attached hydrogens (tertiary/aromatic N) is 2. The number of amides is 2. The van der Waals surface area contributed by atoms with Gasteiger partial charge in [-0.05, 0) is 57.6 Å². The van der Waals surface area contributed by atoms with Crippen LogP contribution in [-0.2, 0) is 28.8 Å². The van der Waals surface area contributed by atoms with Crippen LogP contribution in [0.4, 0.5) is 4.79 Å². The van der Waals surface area contributed by atoms with E-state index in [1.807, 2.05) is 0 Å². The van der Waals surface area contributed by atoms with Gasteiger partial charge in [0.25, 0.3) is 0 Å². The van der Waals surface area contributed by atoms with E-state index in [9.17, 15) is 9.59 Å². The van der Waals surface area contributed by atoms with Crippen molar-refractivity contribution in [2.45, 2.75) is 58.5 Å². The van der Waals surface area contributed by atoms with E-state index in [1.54, 1.807) is 27.0 Å². The van der Waals surface area contributed by atoms with Gasteiger partial charge < -0.3 is 15.4 Å². The largest absolute Gasteiger partial charge is 0.444 e. The molecule has 0 spiro atoms. The van der Waals surface area contributed by atoms with Crippen LogP contribution in [0.25, 0.3) is 0 Å². The molecular weight excluding hydrogens is 308 g/mol. The molecule has 0 radical (unpaired) electrons. The molecule has 2 N–H and O–H groups in total. The Labute approximate surface area is 142 Å². The van der Waals surface area contributed by atoms with Gasteiger partial charge in [0, 0.05) is 13.1 Å². The first-order chi connectivity index (χ1) is 11.3. The summed E-state index contributed by atoms with van der Waals surface area (Å²) in [6.45, 7) is 6.07. The summed E-state index contributed by atoms with van der Waals surface area (Å²) in [6.07, 6.45) is 5.82. The lowest BCUT2D eigenvalue weighted by molar-refractivity contribution is -0.120. The predicted molar refractivity (Wildman–Crippen MR) is 89.6 cm³/mol. The molecule has 0 fully saturated rings. The Kier molecular flexibility index (Phi) is 6.11. The Balaban J connectivity index is 1.74. The fourth-order valence-corrected chi connectivity index (χ4v) is 2.67. The number of carbonyl (C=O) groups is 2. The highest BCUT2D eigenvalue weighted by atomic mass is 16.6. The number of aromatic nitrogens is 2. The molecule has 0 atom stereocenters. The monoisotopic (exact) mass is 334 g/mol. The number of carbonyl (C=O) groups excluding carboxylic acids is 2. The first-order valence-corrected chi connectivity index (χ1v) is 8.41. The second kappa shape index (κ2) is 8.08. The van der Waals surface area contributed by atoms with Crippen molar-refractivity contribution in [3.8, 4) is 0 Å². The van der Waals surface area contributed by atoms with Crippen molar-refractivity contribution in [3.05, 3.63) is 23.0 Å². The number of alkyl carbamates (subject to hydrolysis) is 1. The van der Waals surface area contributed by atoms with E-state index < -0.39 is 11.7 Å². The highest BCUT2D eigenvalue weighted by Crippen LogP contribution is 2.22. The average molecular weight is 334 g/mol. The zero-order valence-corrected chi connectivity index (χ0v) is 14.6. The van der Waals surface area contributed by atoms with E-state index in [0.717, 1.165) is 25.0 Å². The Morgan fingerprint density at radius 1 is 1.17 bits per heavy atom. The first-order valence-electron chi connectivity index (χ1n) is 8.41. The van der Waals surface area contributed by atoms with Gasteiger partial charge in [-0.3, -0.25) is 4.79 Å². The molecule has 0 unspecified atom stereocenters.